The van der Waals surface area contributed by atoms with Crippen LogP contribution in [0.1, 0.15) is 6.42 Å². The Labute approximate surface area is 117 Å². The average Bonchev–Trinajstić information content (AvgIpc) is 2.38. The fourth-order valence-electron chi connectivity index (χ4n) is 1.74. The Bertz CT molecular complexity index is 491. The highest BCUT2D eigenvalue weighted by molar-refractivity contribution is 6.30. The molecule has 0 aliphatic heterocycles. The third-order valence-corrected chi connectivity index (χ3v) is 2.89. The lowest BCUT2D eigenvalue weighted by Crippen LogP contribution is -2.40. The predicted molar refractivity (Wildman–Crippen MR) is 74.5 cm³/mol. The van der Waals surface area contributed by atoms with Gasteiger partial charge in [-0.2, -0.15) is 0 Å². The first-order valence-corrected chi connectivity index (χ1v) is 6.23. The number of anilines is 1. The lowest BCUT2D eigenvalue weighted by atomic mass is 10.1. The van der Waals surface area contributed by atoms with Crippen molar-refractivity contribution in [3.05, 3.63) is 53.2 Å². The molecule has 0 bridgehead atoms. The molecule has 102 valence electrons. The summed E-state index contributed by atoms with van der Waals surface area (Å²) >= 11 is 5.86. The van der Waals surface area contributed by atoms with Gasteiger partial charge in [-0.15, -0.1) is 0 Å². The molecule has 1 unspecified atom stereocenters. The van der Waals surface area contributed by atoms with E-state index in [1.165, 1.54) is 0 Å². The molecule has 0 saturated heterocycles. The van der Waals surface area contributed by atoms with Gasteiger partial charge in [0.05, 0.1) is 11.8 Å². The van der Waals surface area contributed by atoms with Crippen molar-refractivity contribution in [1.82, 2.24) is 10.7 Å². The molecule has 6 heteroatoms. The van der Waals surface area contributed by atoms with Crippen LogP contribution in [0.3, 0.4) is 0 Å². The minimum Gasteiger partial charge on any atom is -0.377 e. The zero-order chi connectivity index (χ0) is 13.7. The lowest BCUT2D eigenvalue weighted by molar-refractivity contribution is -0.105. The second kappa shape index (κ2) is 6.58. The first-order valence-electron chi connectivity index (χ1n) is 5.85. The minimum atomic E-state index is 0.0204. The Morgan fingerprint density at radius 1 is 1.42 bits per heavy atom. The molecule has 5 nitrogen and oxygen atoms in total. The number of hydrazine groups is 2. The van der Waals surface area contributed by atoms with Crippen molar-refractivity contribution in [2.75, 3.05) is 12.5 Å². The number of ether oxygens (including phenoxy) is 1. The van der Waals surface area contributed by atoms with Gasteiger partial charge >= 0.3 is 0 Å². The zero-order valence-electron chi connectivity index (χ0n) is 10.5. The summed E-state index contributed by atoms with van der Waals surface area (Å²) in [6, 6.07) is 7.06. The Balaban J connectivity index is 1.89. The van der Waals surface area contributed by atoms with E-state index in [4.69, 9.17) is 16.3 Å². The molecule has 3 N–H and O–H groups in total. The molecule has 1 aliphatic carbocycles. The van der Waals surface area contributed by atoms with Crippen LogP contribution in [-0.2, 0) is 4.74 Å². The number of rotatable bonds is 5. The maximum Gasteiger partial charge on any atom is 0.0810 e. The van der Waals surface area contributed by atoms with Crippen molar-refractivity contribution in [3.63, 3.8) is 0 Å². The van der Waals surface area contributed by atoms with E-state index in [-0.39, 0.29) is 6.10 Å². The van der Waals surface area contributed by atoms with Gasteiger partial charge in [-0.1, -0.05) is 29.8 Å². The largest absolute Gasteiger partial charge is 0.377 e. The van der Waals surface area contributed by atoms with Crippen LogP contribution in [0.15, 0.2) is 48.2 Å². The highest BCUT2D eigenvalue weighted by Gasteiger charge is 2.12. The molecule has 0 saturated carbocycles. The molecule has 0 fully saturated rings. The summed E-state index contributed by atoms with van der Waals surface area (Å²) in [6.45, 7) is 0. The Morgan fingerprint density at radius 2 is 2.26 bits per heavy atom. The highest BCUT2D eigenvalue weighted by Crippen LogP contribution is 2.16. The van der Waals surface area contributed by atoms with Gasteiger partial charge in [0.2, 0.25) is 0 Å². The van der Waals surface area contributed by atoms with E-state index >= 15 is 0 Å². The smallest absolute Gasteiger partial charge is 0.0810 e. The summed E-state index contributed by atoms with van der Waals surface area (Å²) in [6.07, 6.45) is 6.40. The molecular formula is C13H16ClN3O2. The van der Waals surface area contributed by atoms with Crippen LogP contribution in [0.2, 0.25) is 5.02 Å². The number of nitrogens with zero attached hydrogens (tertiary/aromatic N) is 1. The molecule has 0 aromatic heterocycles. The van der Waals surface area contributed by atoms with E-state index in [0.717, 1.165) is 11.0 Å². The molecule has 2 rings (SSSR count). The molecular weight excluding hydrogens is 266 g/mol. The summed E-state index contributed by atoms with van der Waals surface area (Å²) in [5, 5.41) is 11.2. The topological polar surface area (TPSA) is 56.8 Å². The molecule has 1 aromatic carbocycles. The maximum atomic E-state index is 9.77. The molecule has 1 aliphatic rings. The SMILES string of the molecule is COC1C=CC=C(NN(O)Nc2cccc(Cl)c2)C1. The first-order chi connectivity index (χ1) is 9.17. The van der Waals surface area contributed by atoms with Crippen molar-refractivity contribution >= 4 is 17.3 Å². The van der Waals surface area contributed by atoms with Gasteiger partial charge in [0.25, 0.3) is 0 Å². The fourth-order valence-corrected chi connectivity index (χ4v) is 1.93. The van der Waals surface area contributed by atoms with Gasteiger partial charge in [-0.05, 0) is 29.6 Å². The molecule has 0 radical (unpaired) electrons. The van der Waals surface area contributed by atoms with Gasteiger partial charge in [0, 0.05) is 24.3 Å². The number of benzene rings is 1. The van der Waals surface area contributed by atoms with Crippen LogP contribution < -0.4 is 10.9 Å². The quantitative estimate of drug-likeness (QED) is 0.725. The number of methoxy groups -OCH3 is 1. The fraction of sp³-hybridized carbons (Fsp3) is 0.231. The van der Waals surface area contributed by atoms with Gasteiger partial charge < -0.3 is 4.74 Å². The molecule has 0 heterocycles. The van der Waals surface area contributed by atoms with Crippen molar-refractivity contribution < 1.29 is 9.94 Å². The molecule has 1 aromatic rings. The normalized spacial score (nSPS) is 18.3. The second-order valence-electron chi connectivity index (χ2n) is 4.10. The van der Waals surface area contributed by atoms with Gasteiger partial charge in [-0.3, -0.25) is 16.1 Å². The number of hydrogen-bond donors (Lipinski definition) is 3. The highest BCUT2D eigenvalue weighted by atomic mass is 35.5. The number of halogens is 1. The van der Waals surface area contributed by atoms with Crippen LogP contribution in [0.25, 0.3) is 0 Å². The van der Waals surface area contributed by atoms with Gasteiger partial charge in [0.1, 0.15) is 0 Å². The van der Waals surface area contributed by atoms with Gasteiger partial charge in [0.15, 0.2) is 0 Å². The Morgan fingerprint density at radius 3 is 3.00 bits per heavy atom. The maximum absolute atomic E-state index is 9.77. The van der Waals surface area contributed by atoms with Crippen molar-refractivity contribution in [2.45, 2.75) is 12.5 Å². The van der Waals surface area contributed by atoms with E-state index in [2.05, 4.69) is 10.9 Å². The van der Waals surface area contributed by atoms with E-state index in [0.29, 0.717) is 17.1 Å². The van der Waals surface area contributed by atoms with Crippen LogP contribution >= 0.6 is 11.6 Å². The predicted octanol–water partition coefficient (Wildman–Crippen LogP) is 2.72. The molecule has 1 atom stereocenters. The van der Waals surface area contributed by atoms with Crippen LogP contribution in [0, 0.1) is 0 Å². The third kappa shape index (κ3) is 4.25. The van der Waals surface area contributed by atoms with Crippen LogP contribution in [0.5, 0.6) is 0 Å². The van der Waals surface area contributed by atoms with Gasteiger partial charge in [-0.25, -0.2) is 0 Å². The summed E-state index contributed by atoms with van der Waals surface area (Å²) in [7, 11) is 1.65. The van der Waals surface area contributed by atoms with Crippen LogP contribution in [0.4, 0.5) is 5.69 Å². The summed E-state index contributed by atoms with van der Waals surface area (Å²) < 4.78 is 5.23. The van der Waals surface area contributed by atoms with E-state index in [1.807, 2.05) is 18.2 Å². The molecule has 0 spiro atoms. The van der Waals surface area contributed by atoms with Crippen molar-refractivity contribution in [3.8, 4) is 0 Å². The minimum absolute atomic E-state index is 0.0204. The lowest BCUT2D eigenvalue weighted by Gasteiger charge is -2.23. The Kier molecular flexibility index (Phi) is 4.81. The molecule has 0 amide bonds. The third-order valence-electron chi connectivity index (χ3n) is 2.66. The average molecular weight is 282 g/mol. The monoisotopic (exact) mass is 281 g/mol. The van der Waals surface area contributed by atoms with E-state index in [9.17, 15) is 5.21 Å². The summed E-state index contributed by atoms with van der Waals surface area (Å²) in [5.74, 6) is 0. The standard InChI is InChI=1S/C13H16ClN3O2/c1-19-13-7-3-6-12(9-13)16-17(18)15-11-5-2-4-10(14)8-11/h2-8,13,15-16,18H,9H2,1H3. The van der Waals surface area contributed by atoms with Crippen molar-refractivity contribution in [1.29, 1.82) is 0 Å². The number of nitrogens with one attached hydrogen (secondary N) is 2. The second-order valence-corrected chi connectivity index (χ2v) is 4.54. The first kappa shape index (κ1) is 13.9. The molecule has 19 heavy (non-hydrogen) atoms. The Hall–Kier alpha value is -1.53. The summed E-state index contributed by atoms with van der Waals surface area (Å²) in [5.41, 5.74) is 7.08. The van der Waals surface area contributed by atoms with E-state index in [1.54, 1.807) is 31.4 Å². The number of allylic oxidation sites excluding steroid dienone is 2. The van der Waals surface area contributed by atoms with E-state index < -0.39 is 0 Å². The number of hydrogen-bond acceptors (Lipinski definition) is 5. The van der Waals surface area contributed by atoms with Crippen molar-refractivity contribution in [2.24, 2.45) is 0 Å². The van der Waals surface area contributed by atoms with Crippen LogP contribution in [-0.4, -0.2) is 23.7 Å². The summed E-state index contributed by atoms with van der Waals surface area (Å²) in [4.78, 5) is 0. The zero-order valence-corrected chi connectivity index (χ0v) is 11.3.